The van der Waals surface area contributed by atoms with Gasteiger partial charge in [0.05, 0.1) is 9.85 Å². The van der Waals surface area contributed by atoms with Crippen molar-refractivity contribution in [3.63, 3.8) is 0 Å². The van der Waals surface area contributed by atoms with Crippen LogP contribution >= 0.6 is 0 Å². The van der Waals surface area contributed by atoms with Crippen molar-refractivity contribution in [1.82, 2.24) is 0 Å². The molecule has 1 aromatic carbocycles. The Morgan fingerprint density at radius 3 is 2.35 bits per heavy atom. The topological polar surface area (TPSA) is 108 Å². The number of rotatable bonds is 8. The van der Waals surface area contributed by atoms with E-state index >= 15 is 0 Å². The molecule has 0 saturated heterocycles. The molecule has 0 aromatic heterocycles. The van der Waals surface area contributed by atoms with Crippen molar-refractivity contribution >= 4 is 17.1 Å². The van der Waals surface area contributed by atoms with Gasteiger partial charge in [-0.3, -0.25) is 20.2 Å². The van der Waals surface area contributed by atoms with Gasteiger partial charge >= 0.3 is 0 Å². The van der Waals surface area contributed by atoms with E-state index < -0.39 is 9.85 Å². The molecule has 20 heavy (non-hydrogen) atoms. The van der Waals surface area contributed by atoms with E-state index in [4.69, 9.17) is 11.2 Å². The number of hydrogen-bond donors (Lipinski definition) is 1. The van der Waals surface area contributed by atoms with Crippen molar-refractivity contribution in [2.24, 2.45) is 0 Å². The second kappa shape index (κ2) is 7.70. The van der Waals surface area contributed by atoms with Gasteiger partial charge in [-0.05, 0) is 12.5 Å². The molecule has 0 unspecified atom stereocenters. The van der Waals surface area contributed by atoms with Crippen molar-refractivity contribution in [3.05, 3.63) is 38.4 Å². The largest absolute Gasteiger partial charge is 0.374 e. The van der Waals surface area contributed by atoms with Gasteiger partial charge in [0, 0.05) is 25.3 Å². The van der Waals surface area contributed by atoms with Crippen molar-refractivity contribution in [2.45, 2.75) is 6.42 Å². The minimum absolute atomic E-state index is 0.0977. The molecule has 0 radical (unpaired) electrons. The summed E-state index contributed by atoms with van der Waals surface area (Å²) in [4.78, 5) is 20.4. The Hall–Kier alpha value is -2.66. The lowest BCUT2D eigenvalue weighted by molar-refractivity contribution is -0.392. The van der Waals surface area contributed by atoms with Crippen LogP contribution in [0.2, 0.25) is 0 Å². The van der Waals surface area contributed by atoms with Crippen LogP contribution in [-0.4, -0.2) is 29.6 Å². The number of nitro benzene ring substituents is 2. The number of nitrogens with zero attached hydrogens (tertiary/aromatic N) is 2. The maximum atomic E-state index is 10.9. The molecule has 0 aliphatic heterocycles. The molecule has 8 nitrogen and oxygen atoms in total. The van der Waals surface area contributed by atoms with Crippen LogP contribution in [0.1, 0.15) is 6.42 Å². The van der Waals surface area contributed by atoms with E-state index in [2.05, 4.69) is 11.2 Å². The fraction of sp³-hybridized carbons (Fsp3) is 0.333. The van der Waals surface area contributed by atoms with E-state index in [1.54, 1.807) is 0 Å². The highest BCUT2D eigenvalue weighted by molar-refractivity contribution is 5.73. The van der Waals surface area contributed by atoms with Gasteiger partial charge in [-0.25, -0.2) is 0 Å². The number of ether oxygens (including phenoxy) is 1. The first kappa shape index (κ1) is 15.4. The lowest BCUT2D eigenvalue weighted by Gasteiger charge is -2.07. The molecule has 1 rings (SSSR count). The summed E-state index contributed by atoms with van der Waals surface area (Å²) in [6, 6.07) is 3.70. The standard InChI is InChI=1S/C12H13N3O5/c1-2-8-20-9-4-7-13-12-10(14(16)17)5-3-6-11(12)15(18)19/h1,3,5-6,13H,4,7-9H2. The Labute approximate surface area is 115 Å². The van der Waals surface area contributed by atoms with Gasteiger partial charge in [0.1, 0.15) is 6.61 Å². The minimum Gasteiger partial charge on any atom is -0.374 e. The maximum absolute atomic E-state index is 10.9. The van der Waals surface area contributed by atoms with Crippen LogP contribution in [0, 0.1) is 32.6 Å². The molecule has 0 bridgehead atoms. The van der Waals surface area contributed by atoms with Crippen LogP contribution in [0.5, 0.6) is 0 Å². The summed E-state index contributed by atoms with van der Waals surface area (Å²) in [6.07, 6.45) is 5.52. The molecule has 106 valence electrons. The summed E-state index contributed by atoms with van der Waals surface area (Å²) in [5.74, 6) is 2.30. The second-order valence-corrected chi connectivity index (χ2v) is 3.72. The van der Waals surface area contributed by atoms with Crippen LogP contribution in [0.15, 0.2) is 18.2 Å². The number of nitrogens with one attached hydrogen (secondary N) is 1. The zero-order chi connectivity index (χ0) is 15.0. The fourth-order valence-corrected chi connectivity index (χ4v) is 1.53. The van der Waals surface area contributed by atoms with Gasteiger partial charge in [0.25, 0.3) is 11.4 Å². The SMILES string of the molecule is C#CCOCCCNc1c([N+](=O)[O-])cccc1[N+](=O)[O-]. The molecule has 0 spiro atoms. The Balaban J connectivity index is 2.74. The number of terminal acetylenes is 1. The number of nitro groups is 2. The lowest BCUT2D eigenvalue weighted by atomic mass is 10.2. The van der Waals surface area contributed by atoms with Crippen LogP contribution < -0.4 is 5.32 Å². The quantitative estimate of drug-likeness (QED) is 0.337. The monoisotopic (exact) mass is 279 g/mol. The van der Waals surface area contributed by atoms with Crippen LogP contribution in [0.25, 0.3) is 0 Å². The van der Waals surface area contributed by atoms with E-state index in [0.717, 1.165) is 0 Å². The van der Waals surface area contributed by atoms with Gasteiger partial charge < -0.3 is 10.1 Å². The van der Waals surface area contributed by atoms with Gasteiger partial charge in [-0.1, -0.05) is 5.92 Å². The Morgan fingerprint density at radius 1 is 1.25 bits per heavy atom. The average Bonchev–Trinajstić information content (AvgIpc) is 2.42. The summed E-state index contributed by atoms with van der Waals surface area (Å²) < 4.78 is 5.03. The molecule has 0 atom stereocenters. The van der Waals surface area contributed by atoms with Gasteiger partial charge in [0.2, 0.25) is 0 Å². The normalized spacial score (nSPS) is 9.75. The third kappa shape index (κ3) is 4.22. The molecule has 0 fully saturated rings. The zero-order valence-electron chi connectivity index (χ0n) is 10.6. The van der Waals surface area contributed by atoms with Gasteiger partial charge in [-0.2, -0.15) is 0 Å². The number of para-hydroxylation sites is 1. The molecule has 1 N–H and O–H groups in total. The number of hydrogen-bond acceptors (Lipinski definition) is 6. The molecule has 8 heteroatoms. The van der Waals surface area contributed by atoms with Gasteiger partial charge in [-0.15, -0.1) is 6.42 Å². The van der Waals surface area contributed by atoms with Crippen LogP contribution in [0.4, 0.5) is 17.1 Å². The molecular formula is C12H13N3O5. The van der Waals surface area contributed by atoms with Crippen LogP contribution in [-0.2, 0) is 4.74 Å². The zero-order valence-corrected chi connectivity index (χ0v) is 10.6. The summed E-state index contributed by atoms with van der Waals surface area (Å²) >= 11 is 0. The smallest absolute Gasteiger partial charge is 0.299 e. The summed E-state index contributed by atoms with van der Waals surface area (Å²) in [5.41, 5.74) is -0.757. The Kier molecular flexibility index (Phi) is 5.93. The summed E-state index contributed by atoms with van der Waals surface area (Å²) in [5, 5.41) is 24.4. The highest BCUT2D eigenvalue weighted by atomic mass is 16.6. The van der Waals surface area contributed by atoms with Crippen molar-refractivity contribution in [3.8, 4) is 12.3 Å². The van der Waals surface area contributed by atoms with E-state index in [9.17, 15) is 20.2 Å². The molecule has 1 aromatic rings. The van der Waals surface area contributed by atoms with Gasteiger partial charge in [0.15, 0.2) is 5.69 Å². The highest BCUT2D eigenvalue weighted by Crippen LogP contribution is 2.33. The maximum Gasteiger partial charge on any atom is 0.299 e. The van der Waals surface area contributed by atoms with E-state index in [-0.39, 0.29) is 23.7 Å². The fourth-order valence-electron chi connectivity index (χ4n) is 1.53. The second-order valence-electron chi connectivity index (χ2n) is 3.72. The summed E-state index contributed by atoms with van der Waals surface area (Å²) in [7, 11) is 0. The Bertz CT molecular complexity index is 506. The molecule has 0 heterocycles. The van der Waals surface area contributed by atoms with Crippen molar-refractivity contribution < 1.29 is 14.6 Å². The third-order valence-corrected chi connectivity index (χ3v) is 2.37. The highest BCUT2D eigenvalue weighted by Gasteiger charge is 2.23. The summed E-state index contributed by atoms with van der Waals surface area (Å²) in [6.45, 7) is 0.855. The number of anilines is 1. The Morgan fingerprint density at radius 2 is 1.85 bits per heavy atom. The average molecular weight is 279 g/mol. The lowest BCUT2D eigenvalue weighted by Crippen LogP contribution is -2.09. The predicted octanol–water partition coefficient (Wildman–Crippen LogP) is 1.95. The predicted molar refractivity (Wildman–Crippen MR) is 72.5 cm³/mol. The first-order chi connectivity index (χ1) is 9.57. The first-order valence-corrected chi connectivity index (χ1v) is 5.74. The van der Waals surface area contributed by atoms with E-state index in [1.807, 2.05) is 0 Å². The molecule has 0 saturated carbocycles. The van der Waals surface area contributed by atoms with E-state index in [1.165, 1.54) is 18.2 Å². The minimum atomic E-state index is -0.663. The van der Waals surface area contributed by atoms with E-state index in [0.29, 0.717) is 19.6 Å². The molecule has 0 amide bonds. The van der Waals surface area contributed by atoms with Crippen molar-refractivity contribution in [1.29, 1.82) is 0 Å². The van der Waals surface area contributed by atoms with Crippen molar-refractivity contribution in [2.75, 3.05) is 25.1 Å². The first-order valence-electron chi connectivity index (χ1n) is 5.74. The molecular weight excluding hydrogens is 266 g/mol. The number of benzene rings is 1. The molecule has 0 aliphatic rings. The van der Waals surface area contributed by atoms with Crippen LogP contribution in [0.3, 0.4) is 0 Å². The molecule has 0 aliphatic carbocycles. The third-order valence-electron chi connectivity index (χ3n) is 2.37.